The van der Waals surface area contributed by atoms with Crippen LogP contribution in [0.2, 0.25) is 10.0 Å². The molecule has 0 spiro atoms. The maximum absolute atomic E-state index is 12.4. The summed E-state index contributed by atoms with van der Waals surface area (Å²) in [5, 5.41) is 3.03. The molecule has 0 bridgehead atoms. The largest absolute Gasteiger partial charge is 0.456 e. The number of carbonyl (C=O) groups is 1. The van der Waals surface area contributed by atoms with Gasteiger partial charge in [-0.15, -0.1) is 0 Å². The van der Waals surface area contributed by atoms with E-state index in [1.165, 1.54) is 0 Å². The molecule has 0 amide bonds. The summed E-state index contributed by atoms with van der Waals surface area (Å²) in [5.74, 6) is -0.309. The Bertz CT molecular complexity index is 918. The fourth-order valence-corrected chi connectivity index (χ4v) is 4.26. The van der Waals surface area contributed by atoms with Crippen LogP contribution >= 0.6 is 23.2 Å². The summed E-state index contributed by atoms with van der Waals surface area (Å²) in [4.78, 5) is 18.7. The fraction of sp³-hybridized carbons (Fsp3) is 0.435. The third kappa shape index (κ3) is 4.95. The van der Waals surface area contributed by atoms with Crippen LogP contribution in [0.5, 0.6) is 0 Å². The van der Waals surface area contributed by atoms with Gasteiger partial charge in [0.15, 0.2) is 0 Å². The molecule has 29 heavy (non-hydrogen) atoms. The van der Waals surface area contributed by atoms with E-state index in [1.807, 2.05) is 77.1 Å². The summed E-state index contributed by atoms with van der Waals surface area (Å²) < 4.78 is 5.51. The smallest absolute Gasteiger partial charge is 0.338 e. The van der Waals surface area contributed by atoms with Crippen molar-refractivity contribution < 1.29 is 14.4 Å². The van der Waals surface area contributed by atoms with Crippen molar-refractivity contribution in [2.75, 3.05) is 7.05 Å². The van der Waals surface area contributed by atoms with Gasteiger partial charge in [-0.2, -0.15) is 5.06 Å². The average molecular weight is 436 g/mol. The summed E-state index contributed by atoms with van der Waals surface area (Å²) in [6, 6.07) is 11.3. The van der Waals surface area contributed by atoms with E-state index >= 15 is 0 Å². The molecular formula is C23H27Cl2NO3. The average Bonchev–Trinajstić information content (AvgIpc) is 2.88. The zero-order valence-corrected chi connectivity index (χ0v) is 19.2. The lowest BCUT2D eigenvalue weighted by atomic mass is 9.87. The second kappa shape index (κ2) is 7.92. The van der Waals surface area contributed by atoms with Crippen molar-refractivity contribution >= 4 is 29.2 Å². The summed E-state index contributed by atoms with van der Waals surface area (Å²) in [6.45, 7) is 9.55. The lowest BCUT2D eigenvalue weighted by Crippen LogP contribution is -2.24. The van der Waals surface area contributed by atoms with E-state index in [0.29, 0.717) is 15.6 Å². The number of hydrogen-bond donors (Lipinski definition) is 0. The Kier molecular flexibility index (Phi) is 6.03. The molecule has 1 heterocycles. The molecule has 156 valence electrons. The number of hydroxylamine groups is 2. The lowest BCUT2D eigenvalue weighted by Gasteiger charge is -2.24. The van der Waals surface area contributed by atoms with Crippen molar-refractivity contribution in [3.05, 3.63) is 68.7 Å². The van der Waals surface area contributed by atoms with Crippen LogP contribution in [0.3, 0.4) is 0 Å². The second-order valence-corrected chi connectivity index (χ2v) is 9.70. The van der Waals surface area contributed by atoms with Crippen molar-refractivity contribution in [3.8, 4) is 0 Å². The predicted octanol–water partition coefficient (Wildman–Crippen LogP) is 6.48. The summed E-state index contributed by atoms with van der Waals surface area (Å²) in [5.41, 5.74) is 2.40. The normalized spacial score (nSPS) is 22.7. The van der Waals surface area contributed by atoms with E-state index in [9.17, 15) is 4.79 Å². The molecule has 0 saturated carbocycles. The first-order chi connectivity index (χ1) is 13.4. The number of carbonyl (C=O) groups excluding carboxylic acids is 1. The van der Waals surface area contributed by atoms with E-state index in [1.54, 1.807) is 6.07 Å². The number of benzene rings is 2. The van der Waals surface area contributed by atoms with Crippen LogP contribution in [0.1, 0.15) is 67.2 Å². The molecule has 3 rings (SSSR count). The Labute approximate surface area is 182 Å². The van der Waals surface area contributed by atoms with Gasteiger partial charge in [0.25, 0.3) is 0 Å². The predicted molar refractivity (Wildman–Crippen MR) is 116 cm³/mol. The van der Waals surface area contributed by atoms with Gasteiger partial charge in [0, 0.05) is 23.5 Å². The second-order valence-electron chi connectivity index (χ2n) is 8.82. The Morgan fingerprint density at radius 2 is 1.79 bits per heavy atom. The number of nitrogens with zero attached hydrogens (tertiary/aromatic N) is 1. The molecule has 0 N–H and O–H groups in total. The number of hydrogen-bond acceptors (Lipinski definition) is 4. The molecule has 1 fully saturated rings. The van der Waals surface area contributed by atoms with Gasteiger partial charge in [-0.25, -0.2) is 4.79 Å². The minimum Gasteiger partial charge on any atom is -0.456 e. The minimum atomic E-state index is -0.550. The highest BCUT2D eigenvalue weighted by Crippen LogP contribution is 2.46. The van der Waals surface area contributed by atoms with Crippen LogP contribution < -0.4 is 0 Å². The van der Waals surface area contributed by atoms with Gasteiger partial charge in [-0.3, -0.25) is 4.84 Å². The van der Waals surface area contributed by atoms with Gasteiger partial charge in [0.1, 0.15) is 11.2 Å². The van der Waals surface area contributed by atoms with Crippen molar-refractivity contribution in [2.45, 2.75) is 58.3 Å². The summed E-state index contributed by atoms with van der Waals surface area (Å²) in [6.07, 6.45) is 0.728. The van der Waals surface area contributed by atoms with Gasteiger partial charge in [-0.05, 0) is 75.6 Å². The third-order valence-corrected chi connectivity index (χ3v) is 5.53. The first-order valence-electron chi connectivity index (χ1n) is 9.60. The molecule has 2 atom stereocenters. The first-order valence-corrected chi connectivity index (χ1v) is 10.4. The highest BCUT2D eigenvalue weighted by molar-refractivity contribution is 6.34. The quantitative estimate of drug-likeness (QED) is 0.516. The van der Waals surface area contributed by atoms with Crippen LogP contribution in [0.25, 0.3) is 0 Å². The van der Waals surface area contributed by atoms with Crippen molar-refractivity contribution in [3.63, 3.8) is 0 Å². The van der Waals surface area contributed by atoms with E-state index in [-0.39, 0.29) is 12.0 Å². The molecule has 2 aromatic carbocycles. The monoisotopic (exact) mass is 435 g/mol. The van der Waals surface area contributed by atoms with Crippen molar-refractivity contribution in [2.24, 2.45) is 0 Å². The van der Waals surface area contributed by atoms with Crippen LogP contribution in [-0.2, 0) is 15.2 Å². The number of esters is 1. The van der Waals surface area contributed by atoms with Gasteiger partial charge in [-0.1, -0.05) is 35.3 Å². The lowest BCUT2D eigenvalue weighted by molar-refractivity contribution is -0.188. The van der Waals surface area contributed by atoms with Gasteiger partial charge in [0.05, 0.1) is 11.6 Å². The molecule has 2 unspecified atom stereocenters. The molecule has 0 aliphatic carbocycles. The summed E-state index contributed by atoms with van der Waals surface area (Å²) in [7, 11) is 1.92. The molecule has 0 aromatic heterocycles. The Morgan fingerprint density at radius 1 is 1.17 bits per heavy atom. The van der Waals surface area contributed by atoms with E-state index in [0.717, 1.165) is 23.1 Å². The molecular weight excluding hydrogens is 409 g/mol. The molecule has 1 saturated heterocycles. The topological polar surface area (TPSA) is 38.8 Å². The first kappa shape index (κ1) is 22.1. The minimum absolute atomic E-state index is 0.0316. The maximum atomic E-state index is 12.4. The van der Waals surface area contributed by atoms with Gasteiger partial charge in [0.2, 0.25) is 0 Å². The standard InChI is InChI=1S/C23H27Cl2NO3/c1-14-9-15(7-8-19(14)21(27)28-22(2,3)4)20-13-23(5,29-26(20)6)16-10-17(24)12-18(25)11-16/h7-12,20H,13H2,1-6H3. The van der Waals surface area contributed by atoms with Gasteiger partial charge >= 0.3 is 5.97 Å². The van der Waals surface area contributed by atoms with E-state index < -0.39 is 11.2 Å². The Hall–Kier alpha value is -1.59. The van der Waals surface area contributed by atoms with E-state index in [4.69, 9.17) is 32.8 Å². The zero-order chi connectivity index (χ0) is 21.6. The summed E-state index contributed by atoms with van der Waals surface area (Å²) >= 11 is 12.4. The zero-order valence-electron chi connectivity index (χ0n) is 17.7. The third-order valence-electron chi connectivity index (χ3n) is 5.09. The number of rotatable bonds is 3. The molecule has 2 aromatic rings. The SMILES string of the molecule is Cc1cc(C2CC(C)(c3cc(Cl)cc(Cl)c3)ON2C)ccc1C(=O)OC(C)(C)C. The van der Waals surface area contributed by atoms with Crippen LogP contribution in [0.15, 0.2) is 36.4 Å². The maximum Gasteiger partial charge on any atom is 0.338 e. The van der Waals surface area contributed by atoms with Gasteiger partial charge < -0.3 is 4.74 Å². The van der Waals surface area contributed by atoms with E-state index in [2.05, 4.69) is 0 Å². The van der Waals surface area contributed by atoms with Crippen LogP contribution in [0, 0.1) is 6.92 Å². The number of aryl methyl sites for hydroxylation is 1. The van der Waals surface area contributed by atoms with Crippen molar-refractivity contribution in [1.29, 1.82) is 0 Å². The molecule has 0 radical (unpaired) electrons. The van der Waals surface area contributed by atoms with Crippen LogP contribution in [0.4, 0.5) is 0 Å². The fourth-order valence-electron chi connectivity index (χ4n) is 3.73. The molecule has 4 nitrogen and oxygen atoms in total. The molecule has 1 aliphatic heterocycles. The molecule has 1 aliphatic rings. The van der Waals surface area contributed by atoms with Crippen molar-refractivity contribution in [1.82, 2.24) is 5.06 Å². The Morgan fingerprint density at radius 3 is 2.34 bits per heavy atom. The highest BCUT2D eigenvalue weighted by Gasteiger charge is 2.43. The number of halogens is 2. The van der Waals surface area contributed by atoms with Crippen LogP contribution in [-0.4, -0.2) is 23.7 Å². The number of ether oxygens (including phenoxy) is 1. The Balaban J connectivity index is 1.86. The highest BCUT2D eigenvalue weighted by atomic mass is 35.5. The molecule has 6 heteroatoms.